The lowest BCUT2D eigenvalue weighted by atomic mass is 9.71. The van der Waals surface area contributed by atoms with Gasteiger partial charge in [0.15, 0.2) is 0 Å². The van der Waals surface area contributed by atoms with E-state index in [4.69, 9.17) is 4.84 Å². The molecule has 0 saturated heterocycles. The van der Waals surface area contributed by atoms with Crippen LogP contribution in [-0.4, -0.2) is 16.6 Å². The molecule has 6 nitrogen and oxygen atoms in total. The van der Waals surface area contributed by atoms with Gasteiger partial charge in [-0.05, 0) is 47.2 Å². The number of oxime groups is 1. The summed E-state index contributed by atoms with van der Waals surface area (Å²) < 4.78 is 0. The Morgan fingerprint density at radius 3 is 2.12 bits per heavy atom. The van der Waals surface area contributed by atoms with E-state index in [1.807, 2.05) is 42.5 Å². The number of nitrogens with zero attached hydrogens (tertiary/aromatic N) is 2. The van der Waals surface area contributed by atoms with Crippen LogP contribution in [0.3, 0.4) is 0 Å². The van der Waals surface area contributed by atoms with Crippen LogP contribution in [0.15, 0.2) is 71.9 Å². The SMILES string of the molecule is CCCC1(CCC)c2cc(/C(=N/OC(C)=O)c3ccccc3)ccc2-c2ccc([N+](=O)[O-])cc21. The number of fused-ring (bicyclic) bond motifs is 3. The first-order valence-corrected chi connectivity index (χ1v) is 11.7. The van der Waals surface area contributed by atoms with E-state index < -0.39 is 5.97 Å². The minimum atomic E-state index is -0.486. The van der Waals surface area contributed by atoms with Crippen molar-refractivity contribution in [1.29, 1.82) is 0 Å². The van der Waals surface area contributed by atoms with Crippen LogP contribution in [0.1, 0.15) is 68.7 Å². The maximum atomic E-state index is 11.6. The average Bonchev–Trinajstić information content (AvgIpc) is 3.09. The Morgan fingerprint density at radius 1 is 0.912 bits per heavy atom. The first kappa shape index (κ1) is 23.4. The van der Waals surface area contributed by atoms with E-state index in [9.17, 15) is 14.9 Å². The zero-order valence-electron chi connectivity index (χ0n) is 19.7. The highest BCUT2D eigenvalue weighted by atomic mass is 16.7. The lowest BCUT2D eigenvalue weighted by Gasteiger charge is -2.32. The minimum Gasteiger partial charge on any atom is -0.318 e. The Labute approximate surface area is 199 Å². The Kier molecular flexibility index (Phi) is 6.59. The lowest BCUT2D eigenvalue weighted by Crippen LogP contribution is -2.25. The number of nitro groups is 1. The molecule has 0 atom stereocenters. The zero-order chi connectivity index (χ0) is 24.3. The molecule has 0 amide bonds. The van der Waals surface area contributed by atoms with Crippen LogP contribution in [-0.2, 0) is 15.0 Å². The second-order valence-corrected chi connectivity index (χ2v) is 8.72. The van der Waals surface area contributed by atoms with Crippen LogP contribution in [0.5, 0.6) is 0 Å². The molecule has 0 unspecified atom stereocenters. The van der Waals surface area contributed by atoms with Crippen molar-refractivity contribution in [2.75, 3.05) is 0 Å². The standard InChI is InChI=1S/C28H28N2O4/c1-4-15-28(16-5-2)25-17-21(27(29-34-19(3)31)20-9-7-6-8-10-20)11-13-23(25)24-14-12-22(30(32)33)18-26(24)28/h6-14,17-18H,4-5,15-16H2,1-3H3/b29-27+. The Bertz CT molecular complexity index is 1260. The molecule has 4 rings (SSSR count). The fraction of sp³-hybridized carbons (Fsp3) is 0.286. The number of non-ortho nitro benzene ring substituents is 1. The third-order valence-electron chi connectivity index (χ3n) is 6.49. The van der Waals surface area contributed by atoms with Gasteiger partial charge in [0.1, 0.15) is 5.71 Å². The van der Waals surface area contributed by atoms with Gasteiger partial charge >= 0.3 is 5.97 Å². The number of rotatable bonds is 8. The Hall–Kier alpha value is -3.80. The number of carbonyl (C=O) groups excluding carboxylic acids is 1. The van der Waals surface area contributed by atoms with Gasteiger partial charge in [-0.3, -0.25) is 10.1 Å². The fourth-order valence-corrected chi connectivity index (χ4v) is 5.24. The quantitative estimate of drug-likeness (QED) is 0.162. The highest BCUT2D eigenvalue weighted by molar-refractivity contribution is 6.13. The second kappa shape index (κ2) is 9.59. The molecule has 34 heavy (non-hydrogen) atoms. The minimum absolute atomic E-state index is 0.116. The molecule has 0 fully saturated rings. The molecule has 1 aliphatic rings. The van der Waals surface area contributed by atoms with Crippen molar-refractivity contribution in [3.8, 4) is 11.1 Å². The molecule has 0 bridgehead atoms. The maximum Gasteiger partial charge on any atom is 0.332 e. The van der Waals surface area contributed by atoms with Gasteiger partial charge in [-0.15, -0.1) is 0 Å². The topological polar surface area (TPSA) is 81.8 Å². The summed E-state index contributed by atoms with van der Waals surface area (Å²) in [5.41, 5.74) is 6.36. The molecule has 0 spiro atoms. The fourth-order valence-electron chi connectivity index (χ4n) is 5.24. The molecule has 3 aromatic rings. The predicted molar refractivity (Wildman–Crippen MR) is 133 cm³/mol. The van der Waals surface area contributed by atoms with Gasteiger partial charge in [0, 0.05) is 35.6 Å². The lowest BCUT2D eigenvalue weighted by molar-refractivity contribution is -0.384. The molecule has 0 aliphatic heterocycles. The van der Waals surface area contributed by atoms with Gasteiger partial charge in [-0.2, -0.15) is 0 Å². The van der Waals surface area contributed by atoms with E-state index >= 15 is 0 Å². The van der Waals surface area contributed by atoms with Gasteiger partial charge < -0.3 is 4.84 Å². The molecule has 1 aliphatic carbocycles. The smallest absolute Gasteiger partial charge is 0.318 e. The van der Waals surface area contributed by atoms with E-state index in [1.165, 1.54) is 6.92 Å². The van der Waals surface area contributed by atoms with Crippen molar-refractivity contribution in [1.82, 2.24) is 0 Å². The molecule has 0 heterocycles. The summed E-state index contributed by atoms with van der Waals surface area (Å²) in [4.78, 5) is 27.8. The van der Waals surface area contributed by atoms with Crippen LogP contribution < -0.4 is 0 Å². The molecular weight excluding hydrogens is 428 g/mol. The van der Waals surface area contributed by atoms with Crippen LogP contribution in [0.4, 0.5) is 5.69 Å². The van der Waals surface area contributed by atoms with E-state index in [1.54, 1.807) is 12.1 Å². The third kappa shape index (κ3) is 4.12. The highest BCUT2D eigenvalue weighted by Crippen LogP contribution is 2.54. The summed E-state index contributed by atoms with van der Waals surface area (Å²) in [7, 11) is 0. The summed E-state index contributed by atoms with van der Waals surface area (Å²) in [5.74, 6) is -0.486. The average molecular weight is 457 g/mol. The number of carbonyl (C=O) groups is 1. The largest absolute Gasteiger partial charge is 0.332 e. The van der Waals surface area contributed by atoms with Crippen LogP contribution in [0.2, 0.25) is 0 Å². The van der Waals surface area contributed by atoms with Crippen molar-refractivity contribution in [2.45, 2.75) is 51.9 Å². The summed E-state index contributed by atoms with van der Waals surface area (Å²) in [5, 5.41) is 15.8. The van der Waals surface area contributed by atoms with Gasteiger partial charge in [-0.1, -0.05) is 74.3 Å². The van der Waals surface area contributed by atoms with Crippen molar-refractivity contribution < 1.29 is 14.6 Å². The van der Waals surface area contributed by atoms with Crippen molar-refractivity contribution in [3.05, 3.63) is 99.1 Å². The molecule has 0 radical (unpaired) electrons. The Balaban J connectivity index is 1.94. The number of hydrogen-bond donors (Lipinski definition) is 0. The molecule has 0 aromatic heterocycles. The summed E-state index contributed by atoms with van der Waals surface area (Å²) in [6.07, 6.45) is 3.65. The molecule has 0 N–H and O–H groups in total. The summed E-state index contributed by atoms with van der Waals surface area (Å²) in [6, 6.07) is 21.0. The molecule has 174 valence electrons. The molecule has 0 saturated carbocycles. The molecular formula is C28H28N2O4. The van der Waals surface area contributed by atoms with Gasteiger partial charge in [0.2, 0.25) is 0 Å². The van der Waals surface area contributed by atoms with Crippen molar-refractivity contribution >= 4 is 17.4 Å². The van der Waals surface area contributed by atoms with Gasteiger partial charge in [0.25, 0.3) is 5.69 Å². The first-order valence-electron chi connectivity index (χ1n) is 11.7. The van der Waals surface area contributed by atoms with Gasteiger partial charge in [-0.25, -0.2) is 4.79 Å². The van der Waals surface area contributed by atoms with E-state index in [0.717, 1.165) is 59.1 Å². The third-order valence-corrected chi connectivity index (χ3v) is 6.49. The zero-order valence-corrected chi connectivity index (χ0v) is 19.7. The molecule has 6 heteroatoms. The number of nitro benzene ring substituents is 1. The van der Waals surface area contributed by atoms with E-state index in [-0.39, 0.29) is 16.0 Å². The summed E-state index contributed by atoms with van der Waals surface area (Å²) >= 11 is 0. The van der Waals surface area contributed by atoms with Gasteiger partial charge in [0.05, 0.1) is 4.92 Å². The van der Waals surface area contributed by atoms with E-state index in [2.05, 4.69) is 31.1 Å². The maximum absolute atomic E-state index is 11.6. The van der Waals surface area contributed by atoms with E-state index in [0.29, 0.717) is 5.71 Å². The first-order chi connectivity index (χ1) is 16.4. The second-order valence-electron chi connectivity index (χ2n) is 8.72. The number of benzene rings is 3. The van der Waals surface area contributed by atoms with Crippen LogP contribution in [0, 0.1) is 10.1 Å². The van der Waals surface area contributed by atoms with Crippen molar-refractivity contribution in [2.24, 2.45) is 5.16 Å². The number of hydrogen-bond acceptors (Lipinski definition) is 5. The predicted octanol–water partition coefficient (Wildman–Crippen LogP) is 6.78. The Morgan fingerprint density at radius 2 is 1.53 bits per heavy atom. The monoisotopic (exact) mass is 456 g/mol. The van der Waals surface area contributed by atoms with Crippen LogP contribution in [0.25, 0.3) is 11.1 Å². The van der Waals surface area contributed by atoms with Crippen LogP contribution >= 0.6 is 0 Å². The van der Waals surface area contributed by atoms with Crippen molar-refractivity contribution in [3.63, 3.8) is 0 Å². The summed E-state index contributed by atoms with van der Waals surface area (Å²) in [6.45, 7) is 5.62. The highest BCUT2D eigenvalue weighted by Gasteiger charge is 2.43. The molecule has 3 aromatic carbocycles. The normalized spacial score (nSPS) is 13.8.